The van der Waals surface area contributed by atoms with Crippen molar-refractivity contribution in [2.75, 3.05) is 26.2 Å². The summed E-state index contributed by atoms with van der Waals surface area (Å²) >= 11 is 0. The molecule has 0 bridgehead atoms. The second-order valence-electron chi connectivity index (χ2n) is 8.16. The number of hydrogen-bond acceptors (Lipinski definition) is 3. The molecule has 1 aliphatic rings. The van der Waals surface area contributed by atoms with Crippen molar-refractivity contribution in [3.8, 4) is 5.75 Å². The van der Waals surface area contributed by atoms with Gasteiger partial charge in [0.25, 0.3) is 0 Å². The van der Waals surface area contributed by atoms with Gasteiger partial charge in [-0.1, -0.05) is 25.5 Å². The van der Waals surface area contributed by atoms with Crippen LogP contribution in [0.1, 0.15) is 49.3 Å². The molecule has 1 saturated heterocycles. The van der Waals surface area contributed by atoms with E-state index in [2.05, 4.69) is 4.90 Å². The van der Waals surface area contributed by atoms with Crippen molar-refractivity contribution in [1.82, 2.24) is 4.90 Å². The van der Waals surface area contributed by atoms with E-state index in [-0.39, 0.29) is 5.82 Å². The largest absolute Gasteiger partial charge is 0.493 e. The summed E-state index contributed by atoms with van der Waals surface area (Å²) in [6.45, 7) is 4.50. The first-order valence-corrected chi connectivity index (χ1v) is 10.7. The lowest BCUT2D eigenvalue weighted by molar-refractivity contribution is -0.137. The van der Waals surface area contributed by atoms with Crippen molar-refractivity contribution in [1.29, 1.82) is 0 Å². The Morgan fingerprint density at radius 1 is 1.10 bits per heavy atom. The minimum absolute atomic E-state index is 0.266. The van der Waals surface area contributed by atoms with Crippen molar-refractivity contribution in [3.63, 3.8) is 0 Å². The van der Waals surface area contributed by atoms with Gasteiger partial charge in [0.2, 0.25) is 0 Å². The Balaban J connectivity index is 1.48. The van der Waals surface area contributed by atoms with Crippen LogP contribution < -0.4 is 4.74 Å². The number of hydrogen-bond donors (Lipinski definition) is 1. The maximum atomic E-state index is 13.4. The van der Waals surface area contributed by atoms with E-state index in [9.17, 15) is 22.7 Å². The molecular formula is C24H29F4NO2. The Morgan fingerprint density at radius 3 is 2.52 bits per heavy atom. The number of nitrogens with zero attached hydrogens (tertiary/aromatic N) is 1. The number of piperidine rings is 1. The summed E-state index contributed by atoms with van der Waals surface area (Å²) in [5, 5.41) is 10.9. The molecule has 1 aliphatic heterocycles. The van der Waals surface area contributed by atoms with Gasteiger partial charge in [-0.25, -0.2) is 4.39 Å². The molecular weight excluding hydrogens is 410 g/mol. The summed E-state index contributed by atoms with van der Waals surface area (Å²) in [6, 6.07) is 9.56. The highest BCUT2D eigenvalue weighted by Crippen LogP contribution is 2.36. The molecule has 0 amide bonds. The molecule has 1 N–H and O–H groups in total. The number of benzene rings is 2. The molecule has 2 aromatic rings. The quantitative estimate of drug-likeness (QED) is 0.432. The third kappa shape index (κ3) is 6.20. The standard InChI is InChI=1S/C24H29F4NO2/c1-2-5-18-16-21(25)8-9-22(18)31-15-4-12-29-13-10-23(30,11-14-29)19-6-3-7-20(17-19)24(26,27)28/h3,6-9,16-17,30H,2,4-5,10-15H2,1H3. The summed E-state index contributed by atoms with van der Waals surface area (Å²) in [6.07, 6.45) is -1.23. The average molecular weight is 439 g/mol. The predicted molar refractivity (Wildman–Crippen MR) is 112 cm³/mol. The van der Waals surface area contributed by atoms with Gasteiger partial charge in [-0.2, -0.15) is 13.2 Å². The lowest BCUT2D eigenvalue weighted by Gasteiger charge is -2.38. The fourth-order valence-corrected chi connectivity index (χ4v) is 4.04. The number of rotatable bonds is 8. The summed E-state index contributed by atoms with van der Waals surface area (Å²) < 4.78 is 58.2. The smallest absolute Gasteiger partial charge is 0.416 e. The zero-order valence-corrected chi connectivity index (χ0v) is 17.7. The van der Waals surface area contributed by atoms with Crippen LogP contribution in [0.25, 0.3) is 0 Å². The highest BCUT2D eigenvalue weighted by Gasteiger charge is 2.36. The lowest BCUT2D eigenvalue weighted by Crippen LogP contribution is -2.43. The molecule has 0 saturated carbocycles. The van der Waals surface area contributed by atoms with Gasteiger partial charge < -0.3 is 14.7 Å². The topological polar surface area (TPSA) is 32.7 Å². The second-order valence-corrected chi connectivity index (χ2v) is 8.16. The molecule has 0 unspecified atom stereocenters. The van der Waals surface area contributed by atoms with Crippen LogP contribution in [0.15, 0.2) is 42.5 Å². The molecule has 3 nitrogen and oxygen atoms in total. The zero-order chi connectivity index (χ0) is 22.5. The van der Waals surface area contributed by atoms with E-state index in [4.69, 9.17) is 4.74 Å². The van der Waals surface area contributed by atoms with Crippen molar-refractivity contribution in [2.24, 2.45) is 0 Å². The Labute approximate surface area is 180 Å². The van der Waals surface area contributed by atoms with E-state index in [1.807, 2.05) is 6.92 Å². The Morgan fingerprint density at radius 2 is 1.84 bits per heavy atom. The van der Waals surface area contributed by atoms with Crippen LogP contribution in [-0.2, 0) is 18.2 Å². The molecule has 31 heavy (non-hydrogen) atoms. The van der Waals surface area contributed by atoms with E-state index in [0.29, 0.717) is 43.9 Å². The first-order chi connectivity index (χ1) is 14.7. The van der Waals surface area contributed by atoms with Gasteiger partial charge in [0.15, 0.2) is 0 Å². The van der Waals surface area contributed by atoms with Gasteiger partial charge in [-0.15, -0.1) is 0 Å². The SMILES string of the molecule is CCCc1cc(F)ccc1OCCCN1CCC(O)(c2cccc(C(F)(F)F)c2)CC1. The van der Waals surface area contributed by atoms with Gasteiger partial charge in [-0.05, 0) is 67.1 Å². The third-order valence-electron chi connectivity index (χ3n) is 5.83. The second kappa shape index (κ2) is 10.0. The highest BCUT2D eigenvalue weighted by atomic mass is 19.4. The van der Waals surface area contributed by atoms with Crippen molar-refractivity contribution >= 4 is 0 Å². The molecule has 0 spiro atoms. The number of likely N-dealkylation sites (tertiary alicyclic amines) is 1. The Bertz CT molecular complexity index is 861. The van der Waals surface area contributed by atoms with Crippen molar-refractivity contribution < 1.29 is 27.4 Å². The number of ether oxygens (including phenoxy) is 1. The zero-order valence-electron chi connectivity index (χ0n) is 17.7. The molecule has 0 aromatic heterocycles. The van der Waals surface area contributed by atoms with Gasteiger partial charge in [0.1, 0.15) is 11.6 Å². The maximum absolute atomic E-state index is 13.4. The normalized spacial score (nSPS) is 17.0. The van der Waals surface area contributed by atoms with Crippen LogP contribution in [0.2, 0.25) is 0 Å². The monoisotopic (exact) mass is 439 g/mol. The predicted octanol–water partition coefficient (Wildman–Crippen LogP) is 5.55. The van der Waals surface area contributed by atoms with Gasteiger partial charge in [0, 0.05) is 19.6 Å². The first kappa shape index (κ1) is 23.5. The molecule has 0 aliphatic carbocycles. The molecule has 2 aromatic carbocycles. The minimum atomic E-state index is -4.42. The molecule has 1 heterocycles. The molecule has 3 rings (SSSR count). The molecule has 0 atom stereocenters. The van der Waals surface area contributed by atoms with E-state index < -0.39 is 17.3 Å². The number of aryl methyl sites for hydroxylation is 1. The van der Waals surface area contributed by atoms with Crippen LogP contribution >= 0.6 is 0 Å². The summed E-state index contributed by atoms with van der Waals surface area (Å²) in [5.74, 6) is 0.443. The average Bonchev–Trinajstić information content (AvgIpc) is 2.73. The van der Waals surface area contributed by atoms with E-state index in [0.717, 1.165) is 43.5 Å². The number of aliphatic hydroxyl groups is 1. The van der Waals surface area contributed by atoms with Crippen LogP contribution in [0.4, 0.5) is 17.6 Å². The van der Waals surface area contributed by atoms with E-state index in [1.165, 1.54) is 18.2 Å². The van der Waals surface area contributed by atoms with E-state index >= 15 is 0 Å². The Hall–Kier alpha value is -2.12. The maximum Gasteiger partial charge on any atom is 0.416 e. The molecule has 170 valence electrons. The molecule has 7 heteroatoms. The summed E-state index contributed by atoms with van der Waals surface area (Å²) in [5.41, 5.74) is -0.782. The fourth-order valence-electron chi connectivity index (χ4n) is 4.04. The number of alkyl halides is 3. The summed E-state index contributed by atoms with van der Waals surface area (Å²) in [4.78, 5) is 2.18. The van der Waals surface area contributed by atoms with Crippen molar-refractivity contribution in [2.45, 2.75) is 50.8 Å². The van der Waals surface area contributed by atoms with Crippen LogP contribution in [0, 0.1) is 5.82 Å². The first-order valence-electron chi connectivity index (χ1n) is 10.7. The van der Waals surface area contributed by atoms with Crippen LogP contribution in [0.5, 0.6) is 5.75 Å². The van der Waals surface area contributed by atoms with Gasteiger partial charge in [0.05, 0.1) is 17.8 Å². The lowest BCUT2D eigenvalue weighted by atomic mass is 9.83. The minimum Gasteiger partial charge on any atom is -0.493 e. The van der Waals surface area contributed by atoms with Crippen LogP contribution in [-0.4, -0.2) is 36.2 Å². The number of halogens is 4. The Kier molecular flexibility index (Phi) is 7.59. The van der Waals surface area contributed by atoms with Crippen LogP contribution in [0.3, 0.4) is 0 Å². The van der Waals surface area contributed by atoms with E-state index in [1.54, 1.807) is 12.1 Å². The summed E-state index contributed by atoms with van der Waals surface area (Å²) in [7, 11) is 0. The molecule has 1 fully saturated rings. The van der Waals surface area contributed by atoms with Gasteiger partial charge in [-0.3, -0.25) is 0 Å². The molecule has 0 radical (unpaired) electrons. The fraction of sp³-hybridized carbons (Fsp3) is 0.500. The van der Waals surface area contributed by atoms with Crippen molar-refractivity contribution in [3.05, 3.63) is 65.0 Å². The third-order valence-corrected chi connectivity index (χ3v) is 5.83. The highest BCUT2D eigenvalue weighted by molar-refractivity contribution is 5.34. The van der Waals surface area contributed by atoms with Gasteiger partial charge >= 0.3 is 6.18 Å².